The van der Waals surface area contributed by atoms with E-state index in [1.165, 1.54) is 19.3 Å². The van der Waals surface area contributed by atoms with Gasteiger partial charge in [-0.3, -0.25) is 0 Å². The lowest BCUT2D eigenvalue weighted by Crippen LogP contribution is -2.58. The first-order valence-electron chi connectivity index (χ1n) is 7.56. The summed E-state index contributed by atoms with van der Waals surface area (Å²) in [5.41, 5.74) is 0.0849. The highest BCUT2D eigenvalue weighted by Crippen LogP contribution is 2.55. The summed E-state index contributed by atoms with van der Waals surface area (Å²) in [6, 6.07) is 0. The smallest absolute Gasteiger partial charge is 0.416 e. The van der Waals surface area contributed by atoms with Gasteiger partial charge in [0, 0.05) is 5.54 Å². The number of nitrogens with zero attached hydrogens (tertiary/aromatic N) is 2. The van der Waals surface area contributed by atoms with Gasteiger partial charge in [-0.2, -0.15) is 13.2 Å². The Hall–Kier alpha value is -1.11. The summed E-state index contributed by atoms with van der Waals surface area (Å²) in [5, 5.41) is 10.0. The van der Waals surface area contributed by atoms with Gasteiger partial charge in [-0.1, -0.05) is 0 Å². The molecule has 4 bridgehead atoms. The summed E-state index contributed by atoms with van der Waals surface area (Å²) in [6.07, 6.45) is 2.85. The lowest BCUT2D eigenvalue weighted by molar-refractivity contribution is -0.157. The molecule has 0 unspecified atom stereocenters. The van der Waals surface area contributed by atoms with E-state index < -0.39 is 12.1 Å². The van der Waals surface area contributed by atoms with Gasteiger partial charge in [0.15, 0.2) is 0 Å². The van der Waals surface area contributed by atoms with Crippen LogP contribution in [0.4, 0.5) is 13.2 Å². The van der Waals surface area contributed by atoms with Gasteiger partial charge in [0.05, 0.1) is 6.54 Å². The fourth-order valence-corrected chi connectivity index (χ4v) is 5.03. The maximum atomic E-state index is 12.4. The number of alkyl halides is 3. The number of nitrogens with one attached hydrogen (secondary N) is 1. The van der Waals surface area contributed by atoms with Crippen molar-refractivity contribution in [2.24, 2.45) is 17.8 Å². The second-order valence-corrected chi connectivity index (χ2v) is 7.05. The predicted octanol–water partition coefficient (Wildman–Crippen LogP) is 3.15. The third-order valence-electron chi connectivity index (χ3n) is 5.36. The maximum absolute atomic E-state index is 12.4. The predicted molar refractivity (Wildman–Crippen MR) is 67.0 cm³/mol. The molecule has 21 heavy (non-hydrogen) atoms. The van der Waals surface area contributed by atoms with Crippen molar-refractivity contribution in [1.29, 1.82) is 0 Å². The molecule has 1 aromatic heterocycles. The standard InChI is InChI=1S/C14H18F3N3O/c15-14(16,17)12-20-19-11(21-12)7-18-13-4-8-1-9(5-13)3-10(2-8)6-13/h8-10,18H,1-7H2. The topological polar surface area (TPSA) is 51.0 Å². The zero-order valence-electron chi connectivity index (χ0n) is 11.6. The largest absolute Gasteiger partial charge is 0.470 e. The quantitative estimate of drug-likeness (QED) is 0.932. The van der Waals surface area contributed by atoms with Crippen LogP contribution in [0.5, 0.6) is 0 Å². The third-order valence-corrected chi connectivity index (χ3v) is 5.36. The Morgan fingerprint density at radius 3 is 2.10 bits per heavy atom. The Morgan fingerprint density at radius 2 is 1.62 bits per heavy atom. The molecule has 116 valence electrons. The minimum Gasteiger partial charge on any atom is -0.416 e. The van der Waals surface area contributed by atoms with E-state index in [2.05, 4.69) is 15.5 Å². The van der Waals surface area contributed by atoms with Crippen molar-refractivity contribution in [2.45, 2.75) is 56.8 Å². The highest BCUT2D eigenvalue weighted by Gasteiger charge is 2.50. The number of hydrogen-bond donors (Lipinski definition) is 1. The molecule has 0 saturated heterocycles. The SMILES string of the molecule is FC(F)(F)c1nnc(CNC23CC4CC(CC(C4)C2)C3)o1. The summed E-state index contributed by atoms with van der Waals surface area (Å²) in [7, 11) is 0. The second-order valence-electron chi connectivity index (χ2n) is 7.05. The van der Waals surface area contributed by atoms with Crippen LogP contribution in [0, 0.1) is 17.8 Å². The van der Waals surface area contributed by atoms with Crippen LogP contribution < -0.4 is 5.32 Å². The average molecular weight is 301 g/mol. The number of halogens is 3. The van der Waals surface area contributed by atoms with Crippen molar-refractivity contribution in [3.05, 3.63) is 11.8 Å². The Bertz CT molecular complexity index is 505. The fraction of sp³-hybridized carbons (Fsp3) is 0.857. The van der Waals surface area contributed by atoms with Gasteiger partial charge in [-0.25, -0.2) is 0 Å². The minimum atomic E-state index is -4.56. The van der Waals surface area contributed by atoms with Crippen molar-refractivity contribution >= 4 is 0 Å². The molecule has 0 aromatic carbocycles. The molecule has 1 heterocycles. The van der Waals surface area contributed by atoms with E-state index in [1.54, 1.807) is 0 Å². The molecule has 4 nitrogen and oxygen atoms in total. The number of rotatable bonds is 3. The molecule has 5 rings (SSSR count). The van der Waals surface area contributed by atoms with E-state index in [9.17, 15) is 13.2 Å². The minimum absolute atomic E-state index is 0.0260. The van der Waals surface area contributed by atoms with Gasteiger partial charge in [0.25, 0.3) is 0 Å². The molecule has 1 N–H and O–H groups in total. The molecule has 4 aliphatic rings. The summed E-state index contributed by atoms with van der Waals surface area (Å²) >= 11 is 0. The van der Waals surface area contributed by atoms with Crippen molar-refractivity contribution in [2.75, 3.05) is 0 Å². The Kier molecular flexibility index (Phi) is 2.87. The number of aromatic nitrogens is 2. The molecular weight excluding hydrogens is 283 g/mol. The number of hydrogen-bond acceptors (Lipinski definition) is 4. The van der Waals surface area contributed by atoms with Gasteiger partial charge in [-0.05, 0) is 56.3 Å². The van der Waals surface area contributed by atoms with Crippen LogP contribution in [0.1, 0.15) is 50.3 Å². The van der Waals surface area contributed by atoms with Crippen LogP contribution in [0.3, 0.4) is 0 Å². The lowest BCUT2D eigenvalue weighted by Gasteiger charge is -2.57. The molecule has 0 spiro atoms. The summed E-state index contributed by atoms with van der Waals surface area (Å²) in [5.74, 6) is 1.13. The first kappa shape index (κ1) is 13.5. The van der Waals surface area contributed by atoms with E-state index in [1.807, 2.05) is 0 Å². The third kappa shape index (κ3) is 2.45. The molecule has 7 heteroatoms. The van der Waals surface area contributed by atoms with E-state index in [-0.39, 0.29) is 18.0 Å². The van der Waals surface area contributed by atoms with Gasteiger partial charge in [0.1, 0.15) is 0 Å². The van der Waals surface area contributed by atoms with E-state index >= 15 is 0 Å². The van der Waals surface area contributed by atoms with Crippen LogP contribution >= 0.6 is 0 Å². The summed E-state index contributed by atoms with van der Waals surface area (Å²) in [6.45, 7) is 0.231. The zero-order chi connectivity index (χ0) is 14.7. The Balaban J connectivity index is 1.44. The first-order chi connectivity index (χ1) is 9.92. The van der Waals surface area contributed by atoms with Gasteiger partial charge in [0.2, 0.25) is 5.89 Å². The van der Waals surface area contributed by atoms with Crippen molar-refractivity contribution in [1.82, 2.24) is 15.5 Å². The maximum Gasteiger partial charge on any atom is 0.470 e. The van der Waals surface area contributed by atoms with Crippen LogP contribution in [0.15, 0.2) is 4.42 Å². The molecule has 0 amide bonds. The molecule has 4 aliphatic carbocycles. The molecule has 0 aliphatic heterocycles. The van der Waals surface area contributed by atoms with E-state index in [0.29, 0.717) is 0 Å². The van der Waals surface area contributed by atoms with Crippen LogP contribution in [0.25, 0.3) is 0 Å². The zero-order valence-corrected chi connectivity index (χ0v) is 11.6. The molecule has 0 atom stereocenters. The molecule has 4 fully saturated rings. The first-order valence-corrected chi connectivity index (χ1v) is 7.56. The van der Waals surface area contributed by atoms with Gasteiger partial charge in [-0.15, -0.1) is 10.2 Å². The van der Waals surface area contributed by atoms with Crippen LogP contribution in [-0.2, 0) is 12.7 Å². The van der Waals surface area contributed by atoms with E-state index in [4.69, 9.17) is 4.42 Å². The second kappa shape index (κ2) is 4.44. The molecule has 4 saturated carbocycles. The Labute approximate surface area is 120 Å². The van der Waals surface area contributed by atoms with Gasteiger partial charge < -0.3 is 9.73 Å². The fourth-order valence-electron chi connectivity index (χ4n) is 5.03. The highest BCUT2D eigenvalue weighted by atomic mass is 19.4. The monoisotopic (exact) mass is 301 g/mol. The summed E-state index contributed by atoms with van der Waals surface area (Å²) in [4.78, 5) is 0. The molecular formula is C14H18F3N3O. The normalized spacial score (nSPS) is 38.1. The highest BCUT2D eigenvalue weighted by molar-refractivity contribution is 5.06. The average Bonchev–Trinajstić information content (AvgIpc) is 2.83. The van der Waals surface area contributed by atoms with Crippen molar-refractivity contribution in [3.63, 3.8) is 0 Å². The van der Waals surface area contributed by atoms with E-state index in [0.717, 1.165) is 37.0 Å². The van der Waals surface area contributed by atoms with Crippen LogP contribution in [0.2, 0.25) is 0 Å². The van der Waals surface area contributed by atoms with Crippen LogP contribution in [-0.4, -0.2) is 15.7 Å². The summed E-state index contributed by atoms with van der Waals surface area (Å²) < 4.78 is 42.0. The Morgan fingerprint density at radius 1 is 1.05 bits per heavy atom. The molecule has 0 radical (unpaired) electrons. The van der Waals surface area contributed by atoms with Gasteiger partial charge >= 0.3 is 12.1 Å². The lowest BCUT2D eigenvalue weighted by atomic mass is 9.53. The van der Waals surface area contributed by atoms with Crippen molar-refractivity contribution in [3.8, 4) is 0 Å². The molecule has 1 aromatic rings. The van der Waals surface area contributed by atoms with Crippen molar-refractivity contribution < 1.29 is 17.6 Å².